The lowest BCUT2D eigenvalue weighted by Gasteiger charge is -2.37. The van der Waals surface area contributed by atoms with Gasteiger partial charge in [-0.15, -0.1) is 0 Å². The molecule has 0 radical (unpaired) electrons. The molecule has 2 heteroatoms. The molecule has 0 aliphatic carbocycles. The Morgan fingerprint density at radius 2 is 2.00 bits per heavy atom. The fourth-order valence-electron chi connectivity index (χ4n) is 2.54. The highest BCUT2D eigenvalue weighted by Gasteiger charge is 2.30. The normalized spacial score (nSPS) is 29.2. The van der Waals surface area contributed by atoms with Gasteiger partial charge in [0.25, 0.3) is 0 Å². The lowest BCUT2D eigenvalue weighted by molar-refractivity contribution is -0.0689. The van der Waals surface area contributed by atoms with Gasteiger partial charge in [0.05, 0.1) is 12.2 Å². The summed E-state index contributed by atoms with van der Waals surface area (Å²) >= 11 is 0. The Hall–Kier alpha value is -0.860. The molecular formula is C15H23NO. The van der Waals surface area contributed by atoms with Crippen LogP contribution in [0, 0.1) is 0 Å². The summed E-state index contributed by atoms with van der Waals surface area (Å²) in [7, 11) is 0. The van der Waals surface area contributed by atoms with Crippen molar-refractivity contribution in [3.8, 4) is 0 Å². The van der Waals surface area contributed by atoms with Gasteiger partial charge in [0.2, 0.25) is 0 Å². The van der Waals surface area contributed by atoms with E-state index in [-0.39, 0.29) is 6.10 Å². The van der Waals surface area contributed by atoms with Crippen molar-refractivity contribution in [1.29, 1.82) is 0 Å². The molecule has 3 atom stereocenters. The Bertz CT molecular complexity index is 325. The number of rotatable bonds is 4. The standard InChI is InChI=1S/C15H23NO/c1-3-8-13-11-16-14(4-2)15(17-13)12-9-6-5-7-10-12/h5-7,9-10,13-16H,3-4,8,11H2,1-2H3. The average Bonchev–Trinajstić information content (AvgIpc) is 2.40. The highest BCUT2D eigenvalue weighted by Crippen LogP contribution is 2.28. The first-order chi connectivity index (χ1) is 8.35. The van der Waals surface area contributed by atoms with E-state index in [0.29, 0.717) is 12.1 Å². The van der Waals surface area contributed by atoms with Gasteiger partial charge in [-0.3, -0.25) is 0 Å². The van der Waals surface area contributed by atoms with Crippen molar-refractivity contribution in [2.75, 3.05) is 6.54 Å². The van der Waals surface area contributed by atoms with E-state index in [1.807, 2.05) is 0 Å². The second-order valence-electron chi connectivity index (χ2n) is 4.80. The van der Waals surface area contributed by atoms with Gasteiger partial charge in [-0.2, -0.15) is 0 Å². The van der Waals surface area contributed by atoms with E-state index in [9.17, 15) is 0 Å². The van der Waals surface area contributed by atoms with E-state index >= 15 is 0 Å². The summed E-state index contributed by atoms with van der Waals surface area (Å²) in [5.74, 6) is 0. The minimum atomic E-state index is 0.214. The fourth-order valence-corrected chi connectivity index (χ4v) is 2.54. The Morgan fingerprint density at radius 1 is 1.24 bits per heavy atom. The number of morpholine rings is 1. The number of benzene rings is 1. The molecule has 0 aromatic heterocycles. The van der Waals surface area contributed by atoms with Crippen LogP contribution in [0.15, 0.2) is 30.3 Å². The summed E-state index contributed by atoms with van der Waals surface area (Å²) in [5.41, 5.74) is 1.30. The third-order valence-electron chi connectivity index (χ3n) is 3.49. The number of hydrogen-bond donors (Lipinski definition) is 1. The summed E-state index contributed by atoms with van der Waals surface area (Å²) in [5, 5.41) is 3.63. The first kappa shape index (κ1) is 12.6. The Kier molecular flexibility index (Phi) is 4.57. The Labute approximate surface area is 104 Å². The van der Waals surface area contributed by atoms with Crippen LogP contribution >= 0.6 is 0 Å². The van der Waals surface area contributed by atoms with Gasteiger partial charge in [0.15, 0.2) is 0 Å². The zero-order chi connectivity index (χ0) is 12.1. The number of nitrogens with one attached hydrogen (secondary N) is 1. The molecule has 1 fully saturated rings. The maximum Gasteiger partial charge on any atom is 0.0982 e. The molecule has 0 spiro atoms. The minimum absolute atomic E-state index is 0.214. The summed E-state index contributed by atoms with van der Waals surface area (Å²) in [6.45, 7) is 5.43. The van der Waals surface area contributed by atoms with Crippen molar-refractivity contribution in [2.45, 2.75) is 51.4 Å². The largest absolute Gasteiger partial charge is 0.367 e. The zero-order valence-electron chi connectivity index (χ0n) is 10.9. The summed E-state index contributed by atoms with van der Waals surface area (Å²) in [4.78, 5) is 0. The van der Waals surface area contributed by atoms with Crippen LogP contribution in [-0.2, 0) is 4.74 Å². The predicted molar refractivity (Wildman–Crippen MR) is 71.0 cm³/mol. The van der Waals surface area contributed by atoms with Crippen LogP contribution in [0.1, 0.15) is 44.8 Å². The van der Waals surface area contributed by atoms with E-state index in [0.717, 1.165) is 19.4 Å². The zero-order valence-corrected chi connectivity index (χ0v) is 10.9. The monoisotopic (exact) mass is 233 g/mol. The number of hydrogen-bond acceptors (Lipinski definition) is 2. The van der Waals surface area contributed by atoms with Crippen molar-refractivity contribution in [2.24, 2.45) is 0 Å². The van der Waals surface area contributed by atoms with Crippen LogP contribution in [0.2, 0.25) is 0 Å². The summed E-state index contributed by atoms with van der Waals surface area (Å²) in [6, 6.07) is 11.0. The van der Waals surface area contributed by atoms with Gasteiger partial charge in [-0.05, 0) is 18.4 Å². The second-order valence-corrected chi connectivity index (χ2v) is 4.80. The van der Waals surface area contributed by atoms with Gasteiger partial charge in [0, 0.05) is 12.6 Å². The van der Waals surface area contributed by atoms with E-state index in [4.69, 9.17) is 4.74 Å². The van der Waals surface area contributed by atoms with Gasteiger partial charge >= 0.3 is 0 Å². The third kappa shape index (κ3) is 3.08. The molecular weight excluding hydrogens is 210 g/mol. The molecule has 1 N–H and O–H groups in total. The van der Waals surface area contributed by atoms with Crippen molar-refractivity contribution in [1.82, 2.24) is 5.32 Å². The van der Waals surface area contributed by atoms with Gasteiger partial charge in [-0.1, -0.05) is 50.6 Å². The average molecular weight is 233 g/mol. The van der Waals surface area contributed by atoms with E-state index < -0.39 is 0 Å². The quantitative estimate of drug-likeness (QED) is 0.861. The molecule has 0 bridgehead atoms. The molecule has 1 aliphatic rings. The molecule has 17 heavy (non-hydrogen) atoms. The van der Waals surface area contributed by atoms with Gasteiger partial charge < -0.3 is 10.1 Å². The minimum Gasteiger partial charge on any atom is -0.367 e. The molecule has 1 aromatic rings. The first-order valence-electron chi connectivity index (χ1n) is 6.79. The topological polar surface area (TPSA) is 21.3 Å². The van der Waals surface area contributed by atoms with Crippen molar-refractivity contribution in [3.63, 3.8) is 0 Å². The molecule has 3 unspecified atom stereocenters. The Balaban J connectivity index is 2.10. The summed E-state index contributed by atoms with van der Waals surface area (Å²) < 4.78 is 6.25. The van der Waals surface area contributed by atoms with Crippen LogP contribution < -0.4 is 5.32 Å². The molecule has 1 saturated heterocycles. The summed E-state index contributed by atoms with van der Waals surface area (Å²) in [6.07, 6.45) is 4.02. The van der Waals surface area contributed by atoms with Crippen LogP contribution in [0.5, 0.6) is 0 Å². The number of ether oxygens (including phenoxy) is 1. The molecule has 0 amide bonds. The third-order valence-corrected chi connectivity index (χ3v) is 3.49. The molecule has 2 nitrogen and oxygen atoms in total. The predicted octanol–water partition coefficient (Wildman–Crippen LogP) is 3.29. The van der Waals surface area contributed by atoms with Crippen molar-refractivity contribution in [3.05, 3.63) is 35.9 Å². The maximum absolute atomic E-state index is 6.25. The molecule has 2 rings (SSSR count). The molecule has 1 aromatic carbocycles. The lowest BCUT2D eigenvalue weighted by atomic mass is 9.97. The van der Waals surface area contributed by atoms with Crippen LogP contribution in [-0.4, -0.2) is 18.7 Å². The van der Waals surface area contributed by atoms with Gasteiger partial charge in [0.1, 0.15) is 0 Å². The highest BCUT2D eigenvalue weighted by atomic mass is 16.5. The van der Waals surface area contributed by atoms with E-state index in [2.05, 4.69) is 49.5 Å². The smallest absolute Gasteiger partial charge is 0.0982 e. The van der Waals surface area contributed by atoms with Crippen LogP contribution in [0.3, 0.4) is 0 Å². The van der Waals surface area contributed by atoms with Crippen LogP contribution in [0.25, 0.3) is 0 Å². The van der Waals surface area contributed by atoms with Crippen LogP contribution in [0.4, 0.5) is 0 Å². The molecule has 94 valence electrons. The van der Waals surface area contributed by atoms with E-state index in [1.165, 1.54) is 12.0 Å². The fraction of sp³-hybridized carbons (Fsp3) is 0.600. The molecule has 0 saturated carbocycles. The highest BCUT2D eigenvalue weighted by molar-refractivity contribution is 5.19. The van der Waals surface area contributed by atoms with Crippen molar-refractivity contribution < 1.29 is 4.74 Å². The Morgan fingerprint density at radius 3 is 2.65 bits per heavy atom. The lowest BCUT2D eigenvalue weighted by Crippen LogP contribution is -2.47. The maximum atomic E-state index is 6.25. The SMILES string of the molecule is CCCC1CNC(CC)C(c2ccccc2)O1. The molecule has 1 heterocycles. The van der Waals surface area contributed by atoms with Gasteiger partial charge in [-0.25, -0.2) is 0 Å². The molecule has 1 aliphatic heterocycles. The second kappa shape index (κ2) is 6.18. The van der Waals surface area contributed by atoms with E-state index in [1.54, 1.807) is 0 Å². The van der Waals surface area contributed by atoms with Crippen molar-refractivity contribution >= 4 is 0 Å². The first-order valence-corrected chi connectivity index (χ1v) is 6.79.